The van der Waals surface area contributed by atoms with Crippen LogP contribution in [0.3, 0.4) is 0 Å². The summed E-state index contributed by atoms with van der Waals surface area (Å²) in [6.07, 6.45) is 5.54. The van der Waals surface area contributed by atoms with Gasteiger partial charge >= 0.3 is 10.2 Å². The quantitative estimate of drug-likeness (QED) is 0.677. The molecule has 3 rings (SSSR count). The highest BCUT2D eigenvalue weighted by Gasteiger charge is 2.65. The van der Waals surface area contributed by atoms with Gasteiger partial charge in [0.2, 0.25) is 5.88 Å². The van der Waals surface area contributed by atoms with Crippen LogP contribution >= 0.6 is 10.2 Å². The Balaban J connectivity index is 0.000000185. The van der Waals surface area contributed by atoms with Crippen molar-refractivity contribution in [3.63, 3.8) is 0 Å². The predicted molar refractivity (Wildman–Crippen MR) is 86.8 cm³/mol. The van der Waals surface area contributed by atoms with Crippen LogP contribution in [0.1, 0.15) is 25.7 Å². The maximum absolute atomic E-state index is 12.1. The highest BCUT2D eigenvalue weighted by atomic mass is 32.5. The fourth-order valence-corrected chi connectivity index (χ4v) is 4.02. The van der Waals surface area contributed by atoms with E-state index in [1.54, 1.807) is 0 Å². The smallest absolute Gasteiger partial charge is 0.311 e. The van der Waals surface area contributed by atoms with E-state index in [1.165, 1.54) is 45.9 Å². The first-order valence-electron chi connectivity index (χ1n) is 7.88. The van der Waals surface area contributed by atoms with Crippen molar-refractivity contribution in [2.45, 2.75) is 36.1 Å². The lowest BCUT2D eigenvalue weighted by molar-refractivity contribution is 0.0655. The van der Waals surface area contributed by atoms with E-state index < -0.39 is 15.1 Å². The number of fused-ring (bicyclic) bond motifs is 1. The number of halogens is 5. The Hall–Kier alpha value is -1.13. The summed E-state index contributed by atoms with van der Waals surface area (Å²) in [5, 5.41) is 0. The topological polar surface area (TPSA) is 34.6 Å². The first kappa shape index (κ1) is 20.2. The molecule has 3 heterocycles. The molecule has 2 fully saturated rings. The number of nitrogens with zero attached hydrogens (tertiary/aromatic N) is 2. The minimum Gasteiger partial charge on any atom is -0.481 e. The van der Waals surface area contributed by atoms with Gasteiger partial charge in [0.1, 0.15) is 4.90 Å². The number of pyridine rings is 1. The molecule has 0 unspecified atom stereocenters. The van der Waals surface area contributed by atoms with E-state index in [-0.39, 0.29) is 18.1 Å². The molecular formula is C15H23F5N2O2S. The van der Waals surface area contributed by atoms with Crippen molar-refractivity contribution in [2.75, 3.05) is 33.9 Å². The van der Waals surface area contributed by atoms with Crippen LogP contribution in [0.2, 0.25) is 0 Å². The van der Waals surface area contributed by atoms with Gasteiger partial charge in [0, 0.05) is 18.7 Å². The van der Waals surface area contributed by atoms with Gasteiger partial charge in [-0.15, -0.1) is 0 Å². The molecule has 25 heavy (non-hydrogen) atoms. The van der Waals surface area contributed by atoms with Crippen LogP contribution in [0, 0.1) is 0 Å². The molecular weight excluding hydrogens is 367 g/mol. The minimum absolute atomic E-state index is 0.0559. The number of hydrogen-bond donors (Lipinski definition) is 0. The summed E-state index contributed by atoms with van der Waals surface area (Å²) in [6.45, 7) is 3.57. The largest absolute Gasteiger partial charge is 0.481 e. The van der Waals surface area contributed by atoms with Crippen LogP contribution in [0.25, 0.3) is 0 Å². The van der Waals surface area contributed by atoms with Crippen LogP contribution in [0.15, 0.2) is 23.2 Å². The number of aromatic nitrogens is 1. The monoisotopic (exact) mass is 390 g/mol. The standard InChI is InChI=1S/C9H17NO.C6H6F5NOS/c1-11-8-9-4-2-6-10(9)7-3-5-9;1-13-6-3-2-5(4-12-6)14(7,8,9,10)11/h2-8H2,1H3;2-4H,1H3. The molecule has 1 aromatic rings. The lowest BCUT2D eigenvalue weighted by Crippen LogP contribution is -2.42. The normalized spacial score (nSPS) is 22.4. The van der Waals surface area contributed by atoms with E-state index in [9.17, 15) is 19.4 Å². The molecule has 0 saturated carbocycles. The van der Waals surface area contributed by atoms with Gasteiger partial charge in [-0.25, -0.2) is 4.98 Å². The number of rotatable bonds is 4. The molecule has 2 aliphatic heterocycles. The summed E-state index contributed by atoms with van der Waals surface area (Å²) in [7, 11) is -6.59. The molecule has 1 aromatic heterocycles. The van der Waals surface area contributed by atoms with Crippen molar-refractivity contribution in [1.82, 2.24) is 9.88 Å². The first-order chi connectivity index (χ1) is 11.4. The molecule has 0 amide bonds. The molecule has 2 aliphatic rings. The van der Waals surface area contributed by atoms with E-state index >= 15 is 0 Å². The first-order valence-corrected chi connectivity index (χ1v) is 9.83. The van der Waals surface area contributed by atoms with Crippen molar-refractivity contribution < 1.29 is 28.9 Å². The van der Waals surface area contributed by atoms with Gasteiger partial charge in [-0.3, -0.25) is 4.90 Å². The molecule has 0 atom stereocenters. The Kier molecular flexibility index (Phi) is 5.04. The van der Waals surface area contributed by atoms with Crippen molar-refractivity contribution in [2.24, 2.45) is 0 Å². The van der Waals surface area contributed by atoms with E-state index in [2.05, 4.69) is 14.6 Å². The Morgan fingerprint density at radius 2 is 1.68 bits per heavy atom. The van der Waals surface area contributed by atoms with Gasteiger partial charge in [0.15, 0.2) is 0 Å². The Morgan fingerprint density at radius 1 is 1.08 bits per heavy atom. The predicted octanol–water partition coefficient (Wildman–Crippen LogP) is 5.01. The lowest BCUT2D eigenvalue weighted by atomic mass is 9.95. The number of hydrogen-bond acceptors (Lipinski definition) is 4. The Morgan fingerprint density at radius 3 is 2.08 bits per heavy atom. The highest BCUT2D eigenvalue weighted by molar-refractivity contribution is 8.45. The fraction of sp³-hybridized carbons (Fsp3) is 0.667. The summed E-state index contributed by atoms with van der Waals surface area (Å²) in [6, 6.07) is 0.973. The van der Waals surface area contributed by atoms with E-state index in [4.69, 9.17) is 4.74 Å². The van der Waals surface area contributed by atoms with E-state index in [1.807, 2.05) is 7.11 Å². The molecule has 10 heteroatoms. The van der Waals surface area contributed by atoms with Crippen molar-refractivity contribution in [1.29, 1.82) is 0 Å². The van der Waals surface area contributed by atoms with Gasteiger partial charge < -0.3 is 9.47 Å². The average Bonchev–Trinajstić information content (AvgIpc) is 3.05. The molecule has 4 nitrogen and oxygen atoms in total. The van der Waals surface area contributed by atoms with Crippen LogP contribution in [0.5, 0.6) is 5.88 Å². The van der Waals surface area contributed by atoms with Crippen molar-refractivity contribution in [3.05, 3.63) is 18.3 Å². The Bertz CT molecular complexity index is 584. The lowest BCUT2D eigenvalue weighted by Gasteiger charge is -2.40. The van der Waals surface area contributed by atoms with E-state index in [0.29, 0.717) is 5.54 Å². The van der Waals surface area contributed by atoms with Crippen LogP contribution in [0.4, 0.5) is 19.4 Å². The van der Waals surface area contributed by atoms with Crippen LogP contribution in [-0.4, -0.2) is 49.3 Å². The third-order valence-electron chi connectivity index (χ3n) is 4.59. The third kappa shape index (κ3) is 4.95. The molecule has 0 radical (unpaired) electrons. The molecule has 0 aromatic carbocycles. The van der Waals surface area contributed by atoms with Gasteiger partial charge in [-0.05, 0) is 44.8 Å². The number of ether oxygens (including phenoxy) is 2. The summed E-state index contributed by atoms with van der Waals surface area (Å²) in [5.74, 6) is -0.157. The summed E-state index contributed by atoms with van der Waals surface area (Å²) in [5.41, 5.74) is 0.467. The van der Waals surface area contributed by atoms with Gasteiger partial charge in [0.25, 0.3) is 0 Å². The second-order valence-electron chi connectivity index (χ2n) is 6.36. The summed E-state index contributed by atoms with van der Waals surface area (Å²) < 4.78 is 70.2. The van der Waals surface area contributed by atoms with Crippen LogP contribution < -0.4 is 4.74 Å². The zero-order valence-electron chi connectivity index (χ0n) is 14.2. The van der Waals surface area contributed by atoms with Crippen molar-refractivity contribution >= 4 is 10.2 Å². The molecule has 0 spiro atoms. The Labute approximate surface area is 144 Å². The molecule has 146 valence electrons. The molecule has 2 saturated heterocycles. The average molecular weight is 390 g/mol. The van der Waals surface area contributed by atoms with Crippen LogP contribution in [-0.2, 0) is 4.74 Å². The van der Waals surface area contributed by atoms with E-state index in [0.717, 1.165) is 12.7 Å². The number of methoxy groups -OCH3 is 2. The maximum Gasteiger partial charge on any atom is 0.311 e. The van der Waals surface area contributed by atoms with Gasteiger partial charge in [0.05, 0.1) is 19.9 Å². The summed E-state index contributed by atoms with van der Waals surface area (Å²) >= 11 is 0. The third-order valence-corrected chi connectivity index (χ3v) is 5.72. The second-order valence-corrected chi connectivity index (χ2v) is 8.77. The fourth-order valence-electron chi connectivity index (χ4n) is 3.45. The molecule has 0 bridgehead atoms. The molecule has 0 N–H and O–H groups in total. The van der Waals surface area contributed by atoms with Crippen molar-refractivity contribution in [3.8, 4) is 5.88 Å². The zero-order valence-corrected chi connectivity index (χ0v) is 15.0. The minimum atomic E-state index is -9.58. The highest BCUT2D eigenvalue weighted by Crippen LogP contribution is 3.02. The summed E-state index contributed by atoms with van der Waals surface area (Å²) in [4.78, 5) is 3.66. The zero-order chi connectivity index (χ0) is 18.8. The maximum atomic E-state index is 12.1. The molecule has 0 aliphatic carbocycles. The van der Waals surface area contributed by atoms with Gasteiger partial charge in [-0.1, -0.05) is 19.4 Å². The van der Waals surface area contributed by atoms with Gasteiger partial charge in [-0.2, -0.15) is 0 Å². The second kappa shape index (κ2) is 6.24. The SMILES string of the molecule is COCC12CCCN1CCC2.COc1ccc(S(F)(F)(F)(F)F)cn1.